The van der Waals surface area contributed by atoms with E-state index in [9.17, 15) is 0 Å². The van der Waals surface area contributed by atoms with Crippen LogP contribution >= 0.6 is 0 Å². The summed E-state index contributed by atoms with van der Waals surface area (Å²) < 4.78 is 0. The molecule has 1 unspecified atom stereocenters. The van der Waals surface area contributed by atoms with Crippen LogP contribution in [0.4, 0.5) is 0 Å². The quantitative estimate of drug-likeness (QED) is 0.281. The van der Waals surface area contributed by atoms with Gasteiger partial charge in [-0.1, -0.05) is 66.2 Å². The highest BCUT2D eigenvalue weighted by Gasteiger charge is 2.25. The lowest BCUT2D eigenvalue weighted by Gasteiger charge is -2.32. The fourth-order valence-electron chi connectivity index (χ4n) is 2.82. The molecule has 0 saturated heterocycles. The summed E-state index contributed by atoms with van der Waals surface area (Å²) in [6.07, 6.45) is 16.5. The molecule has 112 valence electrons. The van der Waals surface area contributed by atoms with Crippen LogP contribution in [0.15, 0.2) is 17.9 Å². The van der Waals surface area contributed by atoms with Crippen molar-refractivity contribution in [2.75, 3.05) is 0 Å². The van der Waals surface area contributed by atoms with Crippen LogP contribution in [-0.4, -0.2) is 0 Å². The molecule has 0 aromatic rings. The molecule has 0 bridgehead atoms. The van der Waals surface area contributed by atoms with Crippen LogP contribution in [0.2, 0.25) is 0 Å². The Morgan fingerprint density at radius 3 is 2.26 bits per heavy atom. The van der Waals surface area contributed by atoms with Crippen molar-refractivity contribution in [1.29, 1.82) is 0 Å². The standard InChI is InChI=1S/C19H36/c1-6-9-12-16-19(8-3,15-10-7-2)17-13-11-14-18(4)5/h6,12,18H,7-8,10-11,13-17H2,1-5H3. The van der Waals surface area contributed by atoms with Crippen LogP contribution < -0.4 is 0 Å². The molecule has 0 N–H and O–H groups in total. The van der Waals surface area contributed by atoms with E-state index in [1.807, 2.05) is 6.08 Å². The SMILES string of the molecule is CC=C=CCC(CC)(CCCC)CCCCC(C)C. The van der Waals surface area contributed by atoms with Crippen molar-refractivity contribution in [3.05, 3.63) is 17.9 Å². The Balaban J connectivity index is 4.39. The average Bonchev–Trinajstić information content (AvgIpc) is 2.40. The molecule has 0 aromatic heterocycles. The highest BCUT2D eigenvalue weighted by Crippen LogP contribution is 2.38. The van der Waals surface area contributed by atoms with E-state index in [0.29, 0.717) is 5.41 Å². The summed E-state index contributed by atoms with van der Waals surface area (Å²) in [6, 6.07) is 0. The van der Waals surface area contributed by atoms with Crippen LogP contribution in [0, 0.1) is 11.3 Å². The summed E-state index contributed by atoms with van der Waals surface area (Å²) in [6.45, 7) is 11.4. The molecule has 0 saturated carbocycles. The molecule has 1 atom stereocenters. The molecular weight excluding hydrogens is 228 g/mol. The molecule has 0 radical (unpaired) electrons. The van der Waals surface area contributed by atoms with E-state index in [0.717, 1.165) is 5.92 Å². The van der Waals surface area contributed by atoms with Gasteiger partial charge in [-0.2, -0.15) is 0 Å². The molecule has 19 heavy (non-hydrogen) atoms. The van der Waals surface area contributed by atoms with Crippen LogP contribution in [-0.2, 0) is 0 Å². The van der Waals surface area contributed by atoms with Gasteiger partial charge in [-0.15, -0.1) is 5.73 Å². The molecule has 0 aliphatic rings. The zero-order valence-electron chi connectivity index (χ0n) is 14.1. The monoisotopic (exact) mass is 264 g/mol. The first kappa shape index (κ1) is 18.5. The Bertz CT molecular complexity index is 255. The smallest absolute Gasteiger partial charge is 0.0218 e. The Kier molecular flexibility index (Phi) is 11.1. The Morgan fingerprint density at radius 2 is 1.74 bits per heavy atom. The van der Waals surface area contributed by atoms with Gasteiger partial charge in [0.1, 0.15) is 0 Å². The minimum Gasteiger partial charge on any atom is -0.130 e. The van der Waals surface area contributed by atoms with Crippen LogP contribution in [0.1, 0.15) is 92.4 Å². The topological polar surface area (TPSA) is 0 Å². The Labute approximate surface area is 122 Å². The van der Waals surface area contributed by atoms with Gasteiger partial charge in [0.15, 0.2) is 0 Å². The predicted molar refractivity (Wildman–Crippen MR) is 88.5 cm³/mol. The zero-order valence-corrected chi connectivity index (χ0v) is 14.1. The minimum atomic E-state index is 0.545. The molecule has 0 heteroatoms. The van der Waals surface area contributed by atoms with Crippen molar-refractivity contribution in [2.24, 2.45) is 11.3 Å². The molecule has 0 aromatic carbocycles. The summed E-state index contributed by atoms with van der Waals surface area (Å²) in [5.74, 6) is 0.856. The first-order chi connectivity index (χ1) is 9.10. The van der Waals surface area contributed by atoms with Gasteiger partial charge in [-0.05, 0) is 49.7 Å². The average molecular weight is 264 g/mol. The highest BCUT2D eigenvalue weighted by molar-refractivity contribution is 4.90. The second kappa shape index (κ2) is 11.4. The van der Waals surface area contributed by atoms with E-state index in [1.165, 1.54) is 57.8 Å². The third-order valence-corrected chi connectivity index (χ3v) is 4.37. The number of rotatable bonds is 11. The lowest BCUT2D eigenvalue weighted by Crippen LogP contribution is -2.19. The molecule has 0 spiro atoms. The largest absolute Gasteiger partial charge is 0.130 e. The zero-order chi connectivity index (χ0) is 14.6. The summed E-state index contributed by atoms with van der Waals surface area (Å²) in [5.41, 5.74) is 3.82. The lowest BCUT2D eigenvalue weighted by molar-refractivity contribution is 0.215. The van der Waals surface area contributed by atoms with E-state index >= 15 is 0 Å². The molecule has 0 aliphatic heterocycles. The molecule has 0 fully saturated rings. The lowest BCUT2D eigenvalue weighted by atomic mass is 9.73. The predicted octanol–water partition coefficient (Wildman–Crippen LogP) is 6.91. The van der Waals surface area contributed by atoms with E-state index < -0.39 is 0 Å². The fraction of sp³-hybridized carbons (Fsp3) is 0.842. The summed E-state index contributed by atoms with van der Waals surface area (Å²) in [7, 11) is 0. The summed E-state index contributed by atoms with van der Waals surface area (Å²) >= 11 is 0. The van der Waals surface area contributed by atoms with Crippen LogP contribution in [0.3, 0.4) is 0 Å². The van der Waals surface area contributed by atoms with Crippen molar-refractivity contribution >= 4 is 0 Å². The van der Waals surface area contributed by atoms with Gasteiger partial charge in [-0.25, -0.2) is 0 Å². The van der Waals surface area contributed by atoms with Crippen molar-refractivity contribution in [3.63, 3.8) is 0 Å². The molecule has 0 nitrogen and oxygen atoms in total. The highest BCUT2D eigenvalue weighted by atomic mass is 14.3. The fourth-order valence-corrected chi connectivity index (χ4v) is 2.82. The first-order valence-corrected chi connectivity index (χ1v) is 8.45. The van der Waals surface area contributed by atoms with Gasteiger partial charge in [0.05, 0.1) is 0 Å². The maximum atomic E-state index is 3.27. The maximum absolute atomic E-state index is 3.27. The maximum Gasteiger partial charge on any atom is -0.0218 e. The minimum absolute atomic E-state index is 0.545. The van der Waals surface area contributed by atoms with E-state index in [2.05, 4.69) is 46.4 Å². The van der Waals surface area contributed by atoms with Crippen molar-refractivity contribution in [1.82, 2.24) is 0 Å². The second-order valence-electron chi connectivity index (χ2n) is 6.46. The molecule has 0 rings (SSSR count). The summed E-state index contributed by atoms with van der Waals surface area (Å²) in [5, 5.41) is 0. The van der Waals surface area contributed by atoms with Gasteiger partial charge >= 0.3 is 0 Å². The number of hydrogen-bond donors (Lipinski definition) is 0. The Morgan fingerprint density at radius 1 is 1.05 bits per heavy atom. The van der Waals surface area contributed by atoms with E-state index in [-0.39, 0.29) is 0 Å². The van der Waals surface area contributed by atoms with Gasteiger partial charge in [0.25, 0.3) is 0 Å². The van der Waals surface area contributed by atoms with Gasteiger partial charge in [-0.3, -0.25) is 0 Å². The molecule has 0 heterocycles. The normalized spacial score (nSPS) is 14.0. The second-order valence-corrected chi connectivity index (χ2v) is 6.46. The van der Waals surface area contributed by atoms with Gasteiger partial charge in [0.2, 0.25) is 0 Å². The van der Waals surface area contributed by atoms with Crippen LogP contribution in [0.5, 0.6) is 0 Å². The molecular formula is C19H36. The van der Waals surface area contributed by atoms with Crippen molar-refractivity contribution in [3.8, 4) is 0 Å². The summed E-state index contributed by atoms with van der Waals surface area (Å²) in [4.78, 5) is 0. The number of allylic oxidation sites excluding steroid dienone is 1. The van der Waals surface area contributed by atoms with Gasteiger partial charge < -0.3 is 0 Å². The molecule has 0 amide bonds. The number of unbranched alkanes of at least 4 members (excludes halogenated alkanes) is 2. The third-order valence-electron chi connectivity index (χ3n) is 4.37. The van der Waals surface area contributed by atoms with Crippen molar-refractivity contribution in [2.45, 2.75) is 92.4 Å². The van der Waals surface area contributed by atoms with Crippen LogP contribution in [0.25, 0.3) is 0 Å². The molecule has 0 aliphatic carbocycles. The Hall–Kier alpha value is -0.480. The van der Waals surface area contributed by atoms with E-state index in [1.54, 1.807) is 0 Å². The third kappa shape index (κ3) is 9.11. The van der Waals surface area contributed by atoms with Crippen molar-refractivity contribution < 1.29 is 0 Å². The van der Waals surface area contributed by atoms with Gasteiger partial charge in [0, 0.05) is 0 Å². The number of hydrogen-bond acceptors (Lipinski definition) is 0. The van der Waals surface area contributed by atoms with E-state index in [4.69, 9.17) is 0 Å². The first-order valence-electron chi connectivity index (χ1n) is 8.45.